The van der Waals surface area contributed by atoms with Gasteiger partial charge in [0, 0.05) is 21.3 Å². The third-order valence-electron chi connectivity index (χ3n) is 5.49. The Bertz CT molecular complexity index is 1530. The van der Waals surface area contributed by atoms with Crippen LogP contribution in [0.4, 0.5) is 10.5 Å². The molecule has 0 saturated carbocycles. The molecule has 1 heterocycles. The molecule has 0 spiro atoms. The third kappa shape index (κ3) is 7.37. The Morgan fingerprint density at radius 3 is 2.55 bits per heavy atom. The molecule has 0 radical (unpaired) electrons. The van der Waals surface area contributed by atoms with E-state index in [-0.39, 0.29) is 34.4 Å². The van der Waals surface area contributed by atoms with E-state index >= 15 is 0 Å². The quantitative estimate of drug-likeness (QED) is 0.202. The molecule has 0 aromatic heterocycles. The molecule has 12 heteroatoms. The van der Waals surface area contributed by atoms with E-state index in [4.69, 9.17) is 44.3 Å². The zero-order chi connectivity index (χ0) is 28.8. The molecule has 1 fully saturated rings. The highest BCUT2D eigenvalue weighted by Gasteiger charge is 2.36. The molecule has 3 aromatic rings. The number of nitrogens with zero attached hydrogens (tertiary/aromatic N) is 1. The van der Waals surface area contributed by atoms with Gasteiger partial charge in [-0.05, 0) is 72.8 Å². The summed E-state index contributed by atoms with van der Waals surface area (Å²) < 4.78 is 10.8. The lowest BCUT2D eigenvalue weighted by molar-refractivity contribution is -0.127. The topological polar surface area (TPSA) is 102 Å². The van der Waals surface area contributed by atoms with E-state index in [1.807, 2.05) is 0 Å². The molecule has 0 atom stereocenters. The van der Waals surface area contributed by atoms with Gasteiger partial charge in [0.25, 0.3) is 11.1 Å². The summed E-state index contributed by atoms with van der Waals surface area (Å²) in [7, 11) is 0. The summed E-state index contributed by atoms with van der Waals surface area (Å²) in [6, 6.07) is 16.4. The van der Waals surface area contributed by atoms with Crippen LogP contribution in [0.5, 0.6) is 5.75 Å². The number of rotatable bonds is 9. The number of hydrogen-bond acceptors (Lipinski definition) is 7. The number of thioether (sulfide) groups is 1. The number of benzene rings is 3. The van der Waals surface area contributed by atoms with E-state index in [2.05, 4.69) is 5.32 Å². The molecule has 8 nitrogen and oxygen atoms in total. The van der Waals surface area contributed by atoms with Crippen molar-refractivity contribution in [2.75, 3.05) is 18.5 Å². The van der Waals surface area contributed by atoms with Crippen LogP contribution in [-0.2, 0) is 20.9 Å². The van der Waals surface area contributed by atoms with Crippen LogP contribution in [0.1, 0.15) is 28.4 Å². The van der Waals surface area contributed by atoms with Gasteiger partial charge in [0.1, 0.15) is 18.9 Å². The fraction of sp³-hybridized carbons (Fsp3) is 0.143. The predicted molar refractivity (Wildman–Crippen MR) is 156 cm³/mol. The first-order valence-corrected chi connectivity index (χ1v) is 13.8. The van der Waals surface area contributed by atoms with Gasteiger partial charge in [-0.25, -0.2) is 4.79 Å². The van der Waals surface area contributed by atoms with Crippen LogP contribution < -0.4 is 10.1 Å². The highest BCUT2D eigenvalue weighted by atomic mass is 35.5. The average molecular weight is 620 g/mol. The minimum absolute atomic E-state index is 0.0814. The van der Waals surface area contributed by atoms with Gasteiger partial charge in [-0.1, -0.05) is 53.0 Å². The lowest BCUT2D eigenvalue weighted by Crippen LogP contribution is -2.36. The number of halogens is 3. The van der Waals surface area contributed by atoms with Crippen molar-refractivity contribution in [3.05, 3.63) is 97.3 Å². The second-order valence-corrected chi connectivity index (χ2v) is 10.6. The number of carbonyl (C=O) groups is 4. The van der Waals surface area contributed by atoms with Gasteiger partial charge in [-0.2, -0.15) is 0 Å². The molecule has 0 unspecified atom stereocenters. The smallest absolute Gasteiger partial charge is 0.339 e. The van der Waals surface area contributed by atoms with Crippen molar-refractivity contribution < 1.29 is 28.7 Å². The maximum Gasteiger partial charge on any atom is 0.339 e. The van der Waals surface area contributed by atoms with E-state index in [1.165, 1.54) is 18.2 Å². The van der Waals surface area contributed by atoms with Crippen LogP contribution >= 0.6 is 46.6 Å². The van der Waals surface area contributed by atoms with Crippen molar-refractivity contribution >= 4 is 81.4 Å². The number of esters is 1. The van der Waals surface area contributed by atoms with Crippen molar-refractivity contribution in [1.82, 2.24) is 4.90 Å². The minimum atomic E-state index is -0.636. The first-order chi connectivity index (χ1) is 19.1. The molecule has 4 rings (SSSR count). The third-order valence-corrected chi connectivity index (χ3v) is 7.31. The van der Waals surface area contributed by atoms with Gasteiger partial charge < -0.3 is 14.8 Å². The Hall–Kier alpha value is -3.50. The van der Waals surface area contributed by atoms with Crippen LogP contribution in [0.3, 0.4) is 0 Å². The number of amides is 3. The molecule has 3 aromatic carbocycles. The first-order valence-electron chi connectivity index (χ1n) is 11.8. The molecule has 1 N–H and O–H groups in total. The van der Waals surface area contributed by atoms with E-state index < -0.39 is 29.6 Å². The lowest BCUT2D eigenvalue weighted by atomic mass is 10.2. The Morgan fingerprint density at radius 1 is 1.00 bits per heavy atom. The molecule has 1 aliphatic rings. The van der Waals surface area contributed by atoms with Crippen molar-refractivity contribution in [1.29, 1.82) is 0 Å². The molecular weight excluding hydrogens is 599 g/mol. The molecule has 206 valence electrons. The Morgan fingerprint density at radius 2 is 1.80 bits per heavy atom. The zero-order valence-electron chi connectivity index (χ0n) is 20.9. The summed E-state index contributed by atoms with van der Waals surface area (Å²) in [6.45, 7) is 1.52. The number of nitrogens with one attached hydrogen (secondary N) is 1. The predicted octanol–water partition coefficient (Wildman–Crippen LogP) is 7.08. The summed E-state index contributed by atoms with van der Waals surface area (Å²) in [5, 5.41) is 3.15. The molecular formula is C28H21Cl3N2O6S. The number of anilines is 1. The average Bonchev–Trinajstić information content (AvgIpc) is 3.16. The van der Waals surface area contributed by atoms with Crippen LogP contribution in [-0.4, -0.2) is 41.1 Å². The van der Waals surface area contributed by atoms with E-state index in [0.29, 0.717) is 21.4 Å². The summed E-state index contributed by atoms with van der Waals surface area (Å²) in [5.41, 5.74) is 1.73. The van der Waals surface area contributed by atoms with Crippen LogP contribution in [0, 0.1) is 0 Å². The highest BCUT2D eigenvalue weighted by Crippen LogP contribution is 2.33. The summed E-state index contributed by atoms with van der Waals surface area (Å²) in [5.74, 6) is -1.34. The fourth-order valence-electron chi connectivity index (χ4n) is 3.59. The van der Waals surface area contributed by atoms with E-state index in [0.717, 1.165) is 22.2 Å². The number of hydrogen-bond donors (Lipinski definition) is 1. The summed E-state index contributed by atoms with van der Waals surface area (Å²) in [6.07, 6.45) is 1.55. The van der Waals surface area contributed by atoms with Gasteiger partial charge in [0.2, 0.25) is 5.91 Å². The van der Waals surface area contributed by atoms with Crippen LogP contribution in [0.25, 0.3) is 6.08 Å². The van der Waals surface area contributed by atoms with Gasteiger partial charge in [0.15, 0.2) is 0 Å². The van der Waals surface area contributed by atoms with E-state index in [1.54, 1.807) is 55.5 Å². The molecule has 1 saturated heterocycles. The van der Waals surface area contributed by atoms with Crippen molar-refractivity contribution in [3.8, 4) is 5.75 Å². The number of carbonyl (C=O) groups excluding carboxylic acids is 4. The minimum Gasteiger partial charge on any atom is -0.489 e. The summed E-state index contributed by atoms with van der Waals surface area (Å²) in [4.78, 5) is 51.2. The SMILES string of the molecule is CCOC(=O)c1cc(NC(=O)CN2C(=O)S/C(=C/c3cccc(OCc4ccc(Cl)cc4Cl)c3)C2=O)ccc1Cl. The zero-order valence-corrected chi connectivity index (χ0v) is 24.0. The molecule has 3 amide bonds. The Balaban J connectivity index is 1.40. The molecule has 1 aliphatic heterocycles. The normalized spacial score (nSPS) is 14.0. The van der Waals surface area contributed by atoms with Gasteiger partial charge in [-0.15, -0.1) is 0 Å². The van der Waals surface area contributed by atoms with Crippen LogP contribution in [0.15, 0.2) is 65.6 Å². The maximum absolute atomic E-state index is 12.9. The Labute approximate surface area is 249 Å². The van der Waals surface area contributed by atoms with Crippen molar-refractivity contribution in [2.24, 2.45) is 0 Å². The number of ether oxygens (including phenoxy) is 2. The molecule has 40 heavy (non-hydrogen) atoms. The van der Waals surface area contributed by atoms with Gasteiger partial charge >= 0.3 is 5.97 Å². The number of imide groups is 1. The standard InChI is InChI=1S/C28H21Cl3N2O6S/c1-2-38-27(36)21-13-19(8-9-22(21)30)32-25(34)14-33-26(35)24(40-28(33)37)11-16-4-3-5-20(10-16)39-15-17-6-7-18(29)12-23(17)31/h3-13H,2,14-15H2,1H3,(H,32,34)/b24-11+. The Kier molecular flexibility index (Phi) is 9.76. The van der Waals surface area contributed by atoms with Gasteiger partial charge in [-0.3, -0.25) is 19.3 Å². The first kappa shape index (κ1) is 29.5. The summed E-state index contributed by atoms with van der Waals surface area (Å²) >= 11 is 18.9. The van der Waals surface area contributed by atoms with E-state index in [9.17, 15) is 19.2 Å². The second kappa shape index (κ2) is 13.2. The maximum atomic E-state index is 12.9. The second-order valence-electron chi connectivity index (χ2n) is 8.33. The largest absolute Gasteiger partial charge is 0.489 e. The van der Waals surface area contributed by atoms with Gasteiger partial charge in [0.05, 0.1) is 22.1 Å². The van der Waals surface area contributed by atoms with Crippen LogP contribution in [0.2, 0.25) is 15.1 Å². The highest BCUT2D eigenvalue weighted by molar-refractivity contribution is 8.18. The fourth-order valence-corrected chi connectivity index (χ4v) is 5.09. The lowest BCUT2D eigenvalue weighted by Gasteiger charge is -2.13. The molecule has 0 aliphatic carbocycles. The van der Waals surface area contributed by atoms with Crippen molar-refractivity contribution in [3.63, 3.8) is 0 Å². The molecule has 0 bridgehead atoms. The van der Waals surface area contributed by atoms with Crippen molar-refractivity contribution in [2.45, 2.75) is 13.5 Å². The monoisotopic (exact) mass is 618 g/mol.